The van der Waals surface area contributed by atoms with Gasteiger partial charge in [-0.05, 0) is 124 Å². The van der Waals surface area contributed by atoms with E-state index in [2.05, 4.69) is 170 Å². The molecule has 0 spiro atoms. The monoisotopic (exact) mass is 764 g/mol. The van der Waals surface area contributed by atoms with Crippen molar-refractivity contribution in [2.75, 3.05) is 9.80 Å². The molecule has 4 aromatic carbocycles. The lowest BCUT2D eigenvalue weighted by Crippen LogP contribution is -2.62. The lowest BCUT2D eigenvalue weighted by Gasteiger charge is -2.44. The summed E-state index contributed by atoms with van der Waals surface area (Å²) >= 11 is 2.01. The van der Waals surface area contributed by atoms with Crippen molar-refractivity contribution in [3.8, 4) is 10.4 Å². The summed E-state index contributed by atoms with van der Waals surface area (Å²) in [6.45, 7) is 23.9. The number of para-hydroxylation sites is 1. The Labute approximate surface area is 343 Å². The molecule has 3 aliphatic carbocycles. The zero-order valence-electron chi connectivity index (χ0n) is 35.3. The first-order valence-corrected chi connectivity index (χ1v) is 22.0. The molecule has 4 heterocycles. The fraction of sp³-hybridized carbons (Fsp3) is 0.346. The van der Waals surface area contributed by atoms with Gasteiger partial charge in [-0.15, -0.1) is 11.3 Å². The summed E-state index contributed by atoms with van der Waals surface area (Å²) in [4.78, 5) is 6.63. The fourth-order valence-corrected chi connectivity index (χ4v) is 12.7. The molecule has 0 fully saturated rings. The maximum absolute atomic E-state index is 7.11. The largest absolute Gasteiger partial charge is 0.460 e. The van der Waals surface area contributed by atoms with Crippen molar-refractivity contribution in [1.29, 1.82) is 0 Å². The molecule has 0 N–H and O–H groups in total. The van der Waals surface area contributed by atoms with E-state index in [0.29, 0.717) is 0 Å². The maximum atomic E-state index is 7.11. The Hall–Kier alpha value is -4.74. The first kappa shape index (κ1) is 35.4. The zero-order valence-corrected chi connectivity index (χ0v) is 36.1. The van der Waals surface area contributed by atoms with Crippen molar-refractivity contribution in [2.24, 2.45) is 0 Å². The highest BCUT2D eigenvalue weighted by atomic mass is 32.1. The molecule has 0 saturated heterocycles. The first-order chi connectivity index (χ1) is 27.1. The molecular formula is C52H53BN2OS. The summed E-state index contributed by atoms with van der Waals surface area (Å²) in [6, 6.07) is 28.4. The molecule has 286 valence electrons. The van der Waals surface area contributed by atoms with Crippen LogP contribution in [0.2, 0.25) is 0 Å². The number of hydrogen-bond acceptors (Lipinski definition) is 4. The van der Waals surface area contributed by atoms with E-state index in [0.717, 1.165) is 31.3 Å². The van der Waals surface area contributed by atoms with Gasteiger partial charge in [0, 0.05) is 61.2 Å². The molecule has 0 atom stereocenters. The van der Waals surface area contributed by atoms with E-state index in [-0.39, 0.29) is 28.4 Å². The molecule has 0 saturated carbocycles. The van der Waals surface area contributed by atoms with Crippen LogP contribution in [0.1, 0.15) is 122 Å². The van der Waals surface area contributed by atoms with Gasteiger partial charge in [-0.2, -0.15) is 0 Å². The second-order valence-electron chi connectivity index (χ2n) is 20.4. The van der Waals surface area contributed by atoms with Gasteiger partial charge in [-0.25, -0.2) is 0 Å². The van der Waals surface area contributed by atoms with Crippen LogP contribution in [-0.4, -0.2) is 6.71 Å². The summed E-state index contributed by atoms with van der Waals surface area (Å²) in [5.41, 5.74) is 19.9. The van der Waals surface area contributed by atoms with Gasteiger partial charge in [0.1, 0.15) is 11.3 Å². The summed E-state index contributed by atoms with van der Waals surface area (Å²) < 4.78 is 7.11. The quantitative estimate of drug-likeness (QED) is 0.164. The molecule has 6 aromatic rings. The lowest BCUT2D eigenvalue weighted by atomic mass is 9.32. The minimum atomic E-state index is -0.174. The number of hydrogen-bond donors (Lipinski definition) is 0. The number of allylic oxidation sites excluding steroid dienone is 3. The average molecular weight is 765 g/mol. The highest BCUT2D eigenvalue weighted by Crippen LogP contribution is 2.58. The van der Waals surface area contributed by atoms with Gasteiger partial charge in [0.15, 0.2) is 0 Å². The predicted octanol–water partition coefficient (Wildman–Crippen LogP) is 12.7. The number of benzene rings is 4. The molecule has 3 nitrogen and oxygen atoms in total. The van der Waals surface area contributed by atoms with Gasteiger partial charge >= 0.3 is 0 Å². The predicted molar refractivity (Wildman–Crippen MR) is 245 cm³/mol. The Morgan fingerprint density at radius 3 is 2.21 bits per heavy atom. The number of fused-ring (bicyclic) bond motifs is 11. The standard InChI is InChI=1S/C52H53BN2OS/c1-30-25-39-44-40(26-30)55(33-19-15-12-16-20-33)48-45(43-46(57-48)34-27-31(49(2,3)4)21-22-36(34)52(43,9)10)53(44)37-28-35-41(29-38(37)54(39)32-17-13-11-14-18-32)56-47-42(35)50(5,6)23-24-51(47,7)8/h12-13,15-22,25-29H,11,14,23-24H2,1-10H3. The molecule has 2 aliphatic heterocycles. The van der Waals surface area contributed by atoms with Gasteiger partial charge in [0.25, 0.3) is 6.71 Å². The van der Waals surface area contributed by atoms with E-state index in [1.807, 2.05) is 11.3 Å². The fourth-order valence-electron chi connectivity index (χ4n) is 11.1. The topological polar surface area (TPSA) is 19.6 Å². The van der Waals surface area contributed by atoms with Crippen LogP contribution in [0.5, 0.6) is 0 Å². The maximum Gasteiger partial charge on any atom is 0.253 e. The van der Waals surface area contributed by atoms with Gasteiger partial charge < -0.3 is 14.2 Å². The molecule has 5 aliphatic rings. The summed E-state index contributed by atoms with van der Waals surface area (Å²) in [6.07, 6.45) is 11.5. The molecule has 2 aromatic heterocycles. The minimum absolute atomic E-state index is 0.0178. The van der Waals surface area contributed by atoms with Gasteiger partial charge in [-0.3, -0.25) is 0 Å². The van der Waals surface area contributed by atoms with Crippen LogP contribution in [-0.2, 0) is 21.7 Å². The van der Waals surface area contributed by atoms with Crippen molar-refractivity contribution >= 4 is 73.2 Å². The van der Waals surface area contributed by atoms with Crippen LogP contribution >= 0.6 is 11.3 Å². The summed E-state index contributed by atoms with van der Waals surface area (Å²) in [5, 5.41) is 2.65. The third kappa shape index (κ3) is 4.78. The van der Waals surface area contributed by atoms with Gasteiger partial charge in [0.2, 0.25) is 0 Å². The molecule has 0 bridgehead atoms. The van der Waals surface area contributed by atoms with Crippen LogP contribution in [0, 0.1) is 6.92 Å². The summed E-state index contributed by atoms with van der Waals surface area (Å²) in [7, 11) is 0. The van der Waals surface area contributed by atoms with Crippen LogP contribution in [0.3, 0.4) is 0 Å². The van der Waals surface area contributed by atoms with E-state index < -0.39 is 0 Å². The average Bonchev–Trinajstić information content (AvgIpc) is 3.82. The molecule has 0 amide bonds. The number of furan rings is 1. The van der Waals surface area contributed by atoms with E-state index >= 15 is 0 Å². The number of aryl methyl sites for hydroxylation is 1. The smallest absolute Gasteiger partial charge is 0.253 e. The van der Waals surface area contributed by atoms with Crippen molar-refractivity contribution in [1.82, 2.24) is 0 Å². The highest BCUT2D eigenvalue weighted by molar-refractivity contribution is 7.23. The Morgan fingerprint density at radius 1 is 0.754 bits per heavy atom. The Morgan fingerprint density at radius 2 is 1.49 bits per heavy atom. The minimum Gasteiger partial charge on any atom is -0.460 e. The van der Waals surface area contributed by atoms with E-state index in [4.69, 9.17) is 4.42 Å². The van der Waals surface area contributed by atoms with Crippen molar-refractivity contribution in [2.45, 2.75) is 117 Å². The van der Waals surface area contributed by atoms with E-state index in [9.17, 15) is 0 Å². The normalized spacial score (nSPS) is 19.1. The van der Waals surface area contributed by atoms with Crippen molar-refractivity contribution in [3.05, 3.63) is 130 Å². The molecule has 57 heavy (non-hydrogen) atoms. The summed E-state index contributed by atoms with van der Waals surface area (Å²) in [5.74, 6) is 1.18. The number of rotatable bonds is 2. The third-order valence-corrected chi connectivity index (χ3v) is 15.4. The molecule has 0 radical (unpaired) electrons. The Bertz CT molecular complexity index is 2780. The van der Waals surface area contributed by atoms with Gasteiger partial charge in [-0.1, -0.05) is 111 Å². The van der Waals surface area contributed by atoms with E-state index in [1.165, 1.54) is 99.2 Å². The van der Waals surface area contributed by atoms with Crippen molar-refractivity contribution in [3.63, 3.8) is 0 Å². The first-order valence-electron chi connectivity index (χ1n) is 21.2. The van der Waals surface area contributed by atoms with Crippen molar-refractivity contribution < 1.29 is 4.42 Å². The Kier molecular flexibility index (Phi) is 7.13. The number of anilines is 5. The molecule has 0 unspecified atom stereocenters. The van der Waals surface area contributed by atoms with Crippen LogP contribution in [0.15, 0.2) is 101 Å². The highest BCUT2D eigenvalue weighted by Gasteiger charge is 2.52. The number of nitrogens with zero attached hydrogens (tertiary/aromatic N) is 2. The zero-order chi connectivity index (χ0) is 39.6. The lowest BCUT2D eigenvalue weighted by molar-refractivity contribution is 0.284. The number of thiophene rings is 1. The molecular weight excluding hydrogens is 711 g/mol. The van der Waals surface area contributed by atoms with Crippen LogP contribution in [0.4, 0.5) is 27.8 Å². The van der Waals surface area contributed by atoms with Gasteiger partial charge in [0.05, 0.1) is 5.00 Å². The SMILES string of the molecule is Cc1cc2c3c(c1)N(c1ccccc1)c1sc4c(c1B3c1cc3c5c(oc3cc1N2C1=CCCC=C1)C(C)(C)CCC5(C)C)C(C)(C)c1ccc(C(C)(C)C)cc1-4. The molecule has 11 rings (SSSR count). The second kappa shape index (κ2) is 11.5. The third-order valence-electron chi connectivity index (χ3n) is 14.2. The molecule has 5 heteroatoms. The van der Waals surface area contributed by atoms with E-state index in [1.54, 1.807) is 0 Å². The van der Waals surface area contributed by atoms with Crippen LogP contribution < -0.4 is 26.2 Å². The second-order valence-corrected chi connectivity index (χ2v) is 21.4. The van der Waals surface area contributed by atoms with Crippen LogP contribution in [0.25, 0.3) is 21.4 Å². The Balaban J connectivity index is 1.29.